The third-order valence-electron chi connectivity index (χ3n) is 10.0. The van der Waals surface area contributed by atoms with Crippen molar-refractivity contribution in [2.75, 3.05) is 20.2 Å². The van der Waals surface area contributed by atoms with E-state index in [0.29, 0.717) is 44.6 Å². The van der Waals surface area contributed by atoms with Gasteiger partial charge in [-0.15, -0.1) is 12.4 Å². The second-order valence-corrected chi connectivity index (χ2v) is 14.7. The first-order valence-corrected chi connectivity index (χ1v) is 21.1. The summed E-state index contributed by atoms with van der Waals surface area (Å²) in [6, 6.07) is 0. The zero-order valence-corrected chi connectivity index (χ0v) is 33.5. The van der Waals surface area contributed by atoms with Gasteiger partial charge >= 0.3 is 5.97 Å². The Morgan fingerprint density at radius 3 is 1.17 bits per heavy atom. The van der Waals surface area contributed by atoms with Crippen LogP contribution in [0.25, 0.3) is 0 Å². The van der Waals surface area contributed by atoms with Crippen LogP contribution in [0.2, 0.25) is 0 Å². The van der Waals surface area contributed by atoms with Gasteiger partial charge in [0.15, 0.2) is 0 Å². The monoisotopic (exact) mass is 701 g/mol. The first-order chi connectivity index (χ1) is 23.0. The third-order valence-corrected chi connectivity index (χ3v) is 10.0. The number of halogens is 1. The van der Waals surface area contributed by atoms with Crippen LogP contribution in [0.3, 0.4) is 0 Å². The van der Waals surface area contributed by atoms with E-state index < -0.39 is 0 Å². The van der Waals surface area contributed by atoms with E-state index in [2.05, 4.69) is 13.8 Å². The highest BCUT2D eigenvalue weighted by Crippen LogP contribution is 2.16. The zero-order valence-electron chi connectivity index (χ0n) is 32.7. The molecular weight excluding hydrogens is 616 g/mol. The van der Waals surface area contributed by atoms with Crippen LogP contribution in [-0.4, -0.2) is 43.0 Å². The number of carbonyl (C=O) groups is 2. The van der Waals surface area contributed by atoms with Gasteiger partial charge in [0.25, 0.3) is 0 Å². The number of nitrogens with zero attached hydrogens (tertiary/aromatic N) is 1. The van der Waals surface area contributed by atoms with Gasteiger partial charge in [-0.05, 0) is 26.3 Å². The van der Waals surface area contributed by atoms with Crippen LogP contribution in [0.15, 0.2) is 0 Å². The highest BCUT2D eigenvalue weighted by molar-refractivity contribution is 5.85. The molecule has 1 atom stereocenters. The van der Waals surface area contributed by atoms with Gasteiger partial charge in [0.2, 0.25) is 0 Å². The molecule has 0 fully saturated rings. The number of ether oxygens (including phenoxy) is 1. The molecule has 0 aromatic heterocycles. The van der Waals surface area contributed by atoms with E-state index >= 15 is 0 Å². The lowest BCUT2D eigenvalue weighted by molar-refractivity contribution is -0.144. The average Bonchev–Trinajstić information content (AvgIpc) is 3.07. The van der Waals surface area contributed by atoms with Gasteiger partial charge in [-0.2, -0.15) is 0 Å². The number of rotatable bonds is 39. The van der Waals surface area contributed by atoms with E-state index in [1.807, 2.05) is 11.9 Å². The molecule has 0 amide bonds. The van der Waals surface area contributed by atoms with Gasteiger partial charge in [-0.3, -0.25) is 14.5 Å². The number of ketones is 1. The van der Waals surface area contributed by atoms with Crippen LogP contribution < -0.4 is 5.73 Å². The van der Waals surface area contributed by atoms with E-state index in [4.69, 9.17) is 10.5 Å². The van der Waals surface area contributed by atoms with E-state index in [-0.39, 0.29) is 24.5 Å². The van der Waals surface area contributed by atoms with Crippen LogP contribution in [0.5, 0.6) is 0 Å². The average molecular weight is 702 g/mol. The summed E-state index contributed by atoms with van der Waals surface area (Å²) in [4.78, 5) is 26.5. The Morgan fingerprint density at radius 2 is 0.812 bits per heavy atom. The number of nitrogens with two attached hydrogens (primary N) is 1. The molecule has 0 bridgehead atoms. The maximum Gasteiger partial charge on any atom is 0.305 e. The van der Waals surface area contributed by atoms with Gasteiger partial charge in [0.05, 0.1) is 6.17 Å². The summed E-state index contributed by atoms with van der Waals surface area (Å²) in [5.74, 6) is 0.235. The summed E-state index contributed by atoms with van der Waals surface area (Å²) in [6.07, 6.45) is 42.2. The lowest BCUT2D eigenvalue weighted by Gasteiger charge is -2.24. The van der Waals surface area contributed by atoms with Crippen molar-refractivity contribution >= 4 is 24.2 Å². The fourth-order valence-electron chi connectivity index (χ4n) is 6.53. The molecule has 0 aliphatic heterocycles. The molecule has 0 saturated carbocycles. The van der Waals surface area contributed by atoms with E-state index in [1.54, 1.807) is 0 Å². The highest BCUT2D eigenvalue weighted by Gasteiger charge is 2.13. The summed E-state index contributed by atoms with van der Waals surface area (Å²) >= 11 is 0. The Kier molecular flexibility index (Phi) is 42.0. The topological polar surface area (TPSA) is 72.6 Å². The highest BCUT2D eigenvalue weighted by atomic mass is 35.5. The smallest absolute Gasteiger partial charge is 0.305 e. The standard InChI is InChI=1S/C42H84N2O3.ClH/c1-4-6-8-10-12-14-16-18-20-22-24-26-28-30-32-34-40(45)36-37-41(43)44(3)38-39-47-42(46)35-33-31-29-27-25-23-21-19-17-15-13-11-9-7-5-2;/h41H,4-39,43H2,1-3H3;1H. The van der Waals surface area contributed by atoms with Gasteiger partial charge in [-0.25, -0.2) is 0 Å². The van der Waals surface area contributed by atoms with Gasteiger partial charge in [0.1, 0.15) is 12.4 Å². The Balaban J connectivity index is 0. The second-order valence-electron chi connectivity index (χ2n) is 14.7. The van der Waals surface area contributed by atoms with Crippen molar-refractivity contribution in [1.29, 1.82) is 0 Å². The van der Waals surface area contributed by atoms with Crippen molar-refractivity contribution in [3.05, 3.63) is 0 Å². The molecule has 0 spiro atoms. The van der Waals surface area contributed by atoms with E-state index in [1.165, 1.54) is 173 Å². The Morgan fingerprint density at radius 1 is 0.500 bits per heavy atom. The van der Waals surface area contributed by atoms with Gasteiger partial charge < -0.3 is 10.5 Å². The molecular formula is C42H85ClN2O3. The summed E-state index contributed by atoms with van der Waals surface area (Å²) in [7, 11) is 1.95. The molecule has 0 aliphatic carbocycles. The van der Waals surface area contributed by atoms with E-state index in [9.17, 15) is 9.59 Å². The van der Waals surface area contributed by atoms with Crippen LogP contribution >= 0.6 is 12.4 Å². The number of Topliss-reactive ketones (excluding diaryl/α,β-unsaturated/α-hetero) is 1. The van der Waals surface area contributed by atoms with Crippen LogP contribution in [0, 0.1) is 0 Å². The summed E-state index contributed by atoms with van der Waals surface area (Å²) in [5, 5.41) is 0. The summed E-state index contributed by atoms with van der Waals surface area (Å²) < 4.78 is 5.44. The fraction of sp³-hybridized carbons (Fsp3) is 0.952. The molecule has 0 radical (unpaired) electrons. The number of carbonyl (C=O) groups excluding carboxylic acids is 2. The number of likely N-dealkylation sites (N-methyl/N-ethyl adjacent to an activating group) is 1. The zero-order chi connectivity index (χ0) is 34.5. The number of hydrogen-bond acceptors (Lipinski definition) is 5. The Bertz CT molecular complexity index is 663. The first kappa shape index (κ1) is 49.5. The Hall–Kier alpha value is -0.650. The Labute approximate surface area is 306 Å². The molecule has 6 heteroatoms. The predicted octanol–water partition coefficient (Wildman–Crippen LogP) is 13.0. The maximum absolute atomic E-state index is 12.3. The van der Waals surface area contributed by atoms with Crippen LogP contribution in [-0.2, 0) is 14.3 Å². The fourth-order valence-corrected chi connectivity index (χ4v) is 6.53. The first-order valence-electron chi connectivity index (χ1n) is 21.1. The van der Waals surface area contributed by atoms with Crippen molar-refractivity contribution in [3.8, 4) is 0 Å². The van der Waals surface area contributed by atoms with Crippen LogP contribution in [0.1, 0.15) is 232 Å². The molecule has 5 nitrogen and oxygen atoms in total. The summed E-state index contributed by atoms with van der Waals surface area (Å²) in [5.41, 5.74) is 6.30. The van der Waals surface area contributed by atoms with E-state index in [0.717, 1.165) is 19.3 Å². The van der Waals surface area contributed by atoms with Gasteiger partial charge in [-0.1, -0.05) is 194 Å². The molecule has 0 aliphatic rings. The van der Waals surface area contributed by atoms with Crippen LogP contribution in [0.4, 0.5) is 0 Å². The summed E-state index contributed by atoms with van der Waals surface area (Å²) in [6.45, 7) is 5.54. The van der Waals surface area contributed by atoms with Crippen molar-refractivity contribution in [1.82, 2.24) is 4.90 Å². The molecule has 2 N–H and O–H groups in total. The third kappa shape index (κ3) is 38.2. The maximum atomic E-state index is 12.3. The molecule has 1 unspecified atom stereocenters. The molecule has 0 rings (SSSR count). The molecule has 0 aromatic rings. The minimum absolute atomic E-state index is 0. The minimum Gasteiger partial charge on any atom is -0.464 e. The van der Waals surface area contributed by atoms with Crippen molar-refractivity contribution in [2.45, 2.75) is 238 Å². The lowest BCUT2D eigenvalue weighted by atomic mass is 10.0. The number of hydrogen-bond donors (Lipinski definition) is 1. The van der Waals surface area contributed by atoms with Crippen molar-refractivity contribution in [3.63, 3.8) is 0 Å². The molecule has 48 heavy (non-hydrogen) atoms. The second kappa shape index (κ2) is 40.8. The number of unbranched alkanes of at least 4 members (excludes halogenated alkanes) is 28. The normalized spacial score (nSPS) is 11.9. The molecule has 0 heterocycles. The quantitative estimate of drug-likeness (QED) is 0.0392. The largest absolute Gasteiger partial charge is 0.464 e. The SMILES string of the molecule is CCCCCCCCCCCCCCCCCC(=O)CCC(N)N(C)CCOC(=O)CCCCCCCCCCCCCCCCC.Cl. The molecule has 288 valence electrons. The van der Waals surface area contributed by atoms with Crippen molar-refractivity contribution in [2.24, 2.45) is 5.73 Å². The lowest BCUT2D eigenvalue weighted by Crippen LogP contribution is -2.41. The predicted molar refractivity (Wildman–Crippen MR) is 212 cm³/mol. The van der Waals surface area contributed by atoms with Crippen molar-refractivity contribution < 1.29 is 14.3 Å². The molecule has 0 saturated heterocycles. The van der Waals surface area contributed by atoms with Gasteiger partial charge in [0, 0.05) is 25.8 Å². The minimum atomic E-state index is -0.172. The molecule has 0 aromatic carbocycles. The number of esters is 1.